The van der Waals surface area contributed by atoms with Gasteiger partial charge in [-0.15, -0.1) is 0 Å². The van der Waals surface area contributed by atoms with Crippen LogP contribution in [-0.2, 0) is 16.0 Å². The number of nitrogens with zero attached hydrogens (tertiary/aromatic N) is 1. The number of likely N-dealkylation sites (tertiary alicyclic amines) is 1. The SMILES string of the molecule is CC(=O)SC1CC(=O)N(CCCc2c[nH]c3ccccc23)C1. The number of benzene rings is 1. The van der Waals surface area contributed by atoms with Gasteiger partial charge in [0.1, 0.15) is 0 Å². The third-order valence-electron chi connectivity index (χ3n) is 4.06. The molecule has 1 unspecified atom stereocenters. The van der Waals surface area contributed by atoms with E-state index in [-0.39, 0.29) is 16.3 Å². The molecule has 1 fully saturated rings. The van der Waals surface area contributed by atoms with Crippen molar-refractivity contribution in [1.29, 1.82) is 0 Å². The van der Waals surface area contributed by atoms with Crippen LogP contribution in [0, 0.1) is 0 Å². The normalized spacial score (nSPS) is 18.3. The average molecular weight is 316 g/mol. The quantitative estimate of drug-likeness (QED) is 0.922. The topological polar surface area (TPSA) is 53.2 Å². The van der Waals surface area contributed by atoms with Gasteiger partial charge in [-0.1, -0.05) is 30.0 Å². The first-order chi connectivity index (χ1) is 10.6. The minimum absolute atomic E-state index is 0.0958. The molecule has 1 atom stereocenters. The van der Waals surface area contributed by atoms with Crippen LogP contribution in [-0.4, -0.2) is 39.2 Å². The maximum Gasteiger partial charge on any atom is 0.223 e. The number of aromatic amines is 1. The van der Waals surface area contributed by atoms with E-state index in [0.717, 1.165) is 24.9 Å². The highest BCUT2D eigenvalue weighted by molar-refractivity contribution is 8.14. The molecule has 3 rings (SSSR count). The van der Waals surface area contributed by atoms with Gasteiger partial charge in [-0.05, 0) is 24.5 Å². The predicted molar refractivity (Wildman–Crippen MR) is 89.9 cm³/mol. The Bertz CT molecular complexity index is 695. The van der Waals surface area contributed by atoms with Gasteiger partial charge >= 0.3 is 0 Å². The molecule has 0 radical (unpaired) electrons. The Labute approximate surface area is 134 Å². The van der Waals surface area contributed by atoms with Crippen LogP contribution in [0.3, 0.4) is 0 Å². The smallest absolute Gasteiger partial charge is 0.223 e. The second-order valence-corrected chi connectivity index (χ2v) is 7.22. The lowest BCUT2D eigenvalue weighted by molar-refractivity contribution is -0.127. The Hall–Kier alpha value is -1.75. The zero-order valence-corrected chi connectivity index (χ0v) is 13.5. The van der Waals surface area contributed by atoms with Crippen LogP contribution in [0.1, 0.15) is 25.3 Å². The summed E-state index contributed by atoms with van der Waals surface area (Å²) in [6, 6.07) is 8.28. The number of H-pyrrole nitrogens is 1. The molecule has 0 saturated carbocycles. The number of aryl methyl sites for hydroxylation is 1. The summed E-state index contributed by atoms with van der Waals surface area (Å²) >= 11 is 1.30. The molecule has 1 amide bonds. The van der Waals surface area contributed by atoms with Crippen LogP contribution < -0.4 is 0 Å². The number of carbonyl (C=O) groups excluding carboxylic acids is 2. The summed E-state index contributed by atoms with van der Waals surface area (Å²) < 4.78 is 0. The van der Waals surface area contributed by atoms with Crippen LogP contribution in [0.15, 0.2) is 30.5 Å². The number of fused-ring (bicyclic) bond motifs is 1. The molecule has 4 nitrogen and oxygen atoms in total. The van der Waals surface area contributed by atoms with E-state index < -0.39 is 0 Å². The molecule has 22 heavy (non-hydrogen) atoms. The van der Waals surface area contributed by atoms with Gasteiger partial charge in [0.2, 0.25) is 5.91 Å². The molecule has 1 N–H and O–H groups in total. The van der Waals surface area contributed by atoms with Crippen LogP contribution in [0.2, 0.25) is 0 Å². The van der Waals surface area contributed by atoms with E-state index in [1.807, 2.05) is 17.0 Å². The van der Waals surface area contributed by atoms with E-state index in [2.05, 4.69) is 23.3 Å². The summed E-state index contributed by atoms with van der Waals surface area (Å²) in [5.41, 5.74) is 2.46. The van der Waals surface area contributed by atoms with Gasteiger partial charge in [0, 0.05) is 48.8 Å². The number of nitrogens with one attached hydrogen (secondary N) is 1. The average Bonchev–Trinajstić information content (AvgIpc) is 3.03. The fourth-order valence-electron chi connectivity index (χ4n) is 3.06. The molecule has 0 bridgehead atoms. The Morgan fingerprint density at radius 1 is 1.41 bits per heavy atom. The van der Waals surface area contributed by atoms with Crippen molar-refractivity contribution >= 4 is 33.7 Å². The van der Waals surface area contributed by atoms with Crippen LogP contribution in [0.4, 0.5) is 0 Å². The lowest BCUT2D eigenvalue weighted by Crippen LogP contribution is -2.27. The molecule has 1 aromatic carbocycles. The van der Waals surface area contributed by atoms with Crippen molar-refractivity contribution in [1.82, 2.24) is 9.88 Å². The summed E-state index contributed by atoms with van der Waals surface area (Å²) in [4.78, 5) is 28.3. The fraction of sp³-hybridized carbons (Fsp3) is 0.412. The first kappa shape index (κ1) is 15.2. The van der Waals surface area contributed by atoms with Crippen molar-refractivity contribution in [2.75, 3.05) is 13.1 Å². The highest BCUT2D eigenvalue weighted by atomic mass is 32.2. The number of para-hydroxylation sites is 1. The van der Waals surface area contributed by atoms with Crippen molar-refractivity contribution in [2.24, 2.45) is 0 Å². The fourth-order valence-corrected chi connectivity index (χ4v) is 4.01. The van der Waals surface area contributed by atoms with Gasteiger partial charge < -0.3 is 9.88 Å². The van der Waals surface area contributed by atoms with Crippen molar-refractivity contribution < 1.29 is 9.59 Å². The molecule has 0 spiro atoms. The van der Waals surface area contributed by atoms with Crippen molar-refractivity contribution in [3.8, 4) is 0 Å². The second-order valence-electron chi connectivity index (χ2n) is 5.74. The van der Waals surface area contributed by atoms with Gasteiger partial charge in [0.15, 0.2) is 5.12 Å². The Balaban J connectivity index is 1.53. The van der Waals surface area contributed by atoms with E-state index >= 15 is 0 Å². The highest BCUT2D eigenvalue weighted by Crippen LogP contribution is 2.25. The molecule has 1 aromatic heterocycles. The van der Waals surface area contributed by atoms with E-state index in [1.54, 1.807) is 6.92 Å². The number of hydrogen-bond acceptors (Lipinski definition) is 3. The zero-order chi connectivity index (χ0) is 15.5. The standard InChI is InChI=1S/C17H20N2O2S/c1-12(20)22-14-9-17(21)19(11-14)8-4-5-13-10-18-16-7-3-2-6-15(13)16/h2-3,6-7,10,14,18H,4-5,8-9,11H2,1H3. The van der Waals surface area contributed by atoms with Crippen molar-refractivity contribution in [3.63, 3.8) is 0 Å². The minimum Gasteiger partial charge on any atom is -0.361 e. The van der Waals surface area contributed by atoms with Crippen molar-refractivity contribution in [3.05, 3.63) is 36.0 Å². The Kier molecular flexibility index (Phi) is 4.52. The van der Waals surface area contributed by atoms with E-state index in [4.69, 9.17) is 0 Å². The number of carbonyl (C=O) groups is 2. The Morgan fingerprint density at radius 2 is 2.23 bits per heavy atom. The van der Waals surface area contributed by atoms with Crippen LogP contribution >= 0.6 is 11.8 Å². The molecular formula is C17H20N2O2S. The lowest BCUT2D eigenvalue weighted by Gasteiger charge is -2.15. The number of amides is 1. The summed E-state index contributed by atoms with van der Waals surface area (Å²) in [7, 11) is 0. The third kappa shape index (κ3) is 3.35. The first-order valence-electron chi connectivity index (χ1n) is 7.63. The predicted octanol–water partition coefficient (Wildman–Crippen LogP) is 2.98. The zero-order valence-electron chi connectivity index (χ0n) is 12.7. The van der Waals surface area contributed by atoms with E-state index in [0.29, 0.717) is 13.0 Å². The highest BCUT2D eigenvalue weighted by Gasteiger charge is 2.30. The van der Waals surface area contributed by atoms with Crippen LogP contribution in [0.5, 0.6) is 0 Å². The molecule has 1 aliphatic heterocycles. The molecule has 0 aliphatic carbocycles. The van der Waals surface area contributed by atoms with Gasteiger partial charge in [-0.25, -0.2) is 0 Å². The molecule has 2 aromatic rings. The summed E-state index contributed by atoms with van der Waals surface area (Å²) in [6.45, 7) is 3.04. The monoisotopic (exact) mass is 316 g/mol. The van der Waals surface area contributed by atoms with E-state index in [9.17, 15) is 9.59 Å². The van der Waals surface area contributed by atoms with Gasteiger partial charge in [0.25, 0.3) is 0 Å². The van der Waals surface area contributed by atoms with Gasteiger partial charge in [0.05, 0.1) is 0 Å². The van der Waals surface area contributed by atoms with Gasteiger partial charge in [-0.2, -0.15) is 0 Å². The number of hydrogen-bond donors (Lipinski definition) is 1. The molecule has 1 aliphatic rings. The minimum atomic E-state index is 0.0958. The third-order valence-corrected chi connectivity index (χ3v) is 5.04. The maximum atomic E-state index is 12.0. The van der Waals surface area contributed by atoms with Gasteiger partial charge in [-0.3, -0.25) is 9.59 Å². The number of aromatic nitrogens is 1. The summed E-state index contributed by atoms with van der Waals surface area (Å²) in [5.74, 6) is 0.178. The first-order valence-corrected chi connectivity index (χ1v) is 8.51. The maximum absolute atomic E-state index is 12.0. The molecular weight excluding hydrogens is 296 g/mol. The molecule has 2 heterocycles. The summed E-state index contributed by atoms with van der Waals surface area (Å²) in [5, 5.41) is 1.50. The van der Waals surface area contributed by atoms with Crippen LogP contribution in [0.25, 0.3) is 10.9 Å². The largest absolute Gasteiger partial charge is 0.361 e. The van der Waals surface area contributed by atoms with E-state index in [1.165, 1.54) is 22.7 Å². The van der Waals surface area contributed by atoms with Crippen molar-refractivity contribution in [2.45, 2.75) is 31.4 Å². The Morgan fingerprint density at radius 3 is 3.05 bits per heavy atom. The molecule has 1 saturated heterocycles. The molecule has 5 heteroatoms. The lowest BCUT2D eigenvalue weighted by atomic mass is 10.1. The second kappa shape index (κ2) is 6.57. The number of thioether (sulfide) groups is 1. The molecule has 116 valence electrons. The summed E-state index contributed by atoms with van der Waals surface area (Å²) in [6.07, 6.45) is 4.46. The number of rotatable bonds is 5.